The molecule has 28 heavy (non-hydrogen) atoms. The second-order valence-corrected chi connectivity index (χ2v) is 8.12. The molecule has 0 radical (unpaired) electrons. The first-order valence-electron chi connectivity index (χ1n) is 9.22. The minimum atomic E-state index is 0.158. The number of methoxy groups -OCH3 is 1. The minimum absolute atomic E-state index is 0.158. The van der Waals surface area contributed by atoms with Crippen molar-refractivity contribution < 1.29 is 9.47 Å². The molecule has 150 valence electrons. The maximum Gasteiger partial charge on any atom is 0.173 e. The zero-order valence-corrected chi connectivity index (χ0v) is 18.3. The fourth-order valence-corrected chi connectivity index (χ4v) is 3.94. The third-order valence-electron chi connectivity index (χ3n) is 4.71. The Balaban J connectivity index is 1.81. The summed E-state index contributed by atoms with van der Waals surface area (Å²) in [5.41, 5.74) is 2.92. The van der Waals surface area contributed by atoms with E-state index in [9.17, 15) is 0 Å². The van der Waals surface area contributed by atoms with Crippen molar-refractivity contribution in [2.75, 3.05) is 25.6 Å². The first-order chi connectivity index (χ1) is 13.5. The zero-order chi connectivity index (χ0) is 20.1. The number of hydrogen-bond acceptors (Lipinski definition) is 3. The highest BCUT2D eigenvalue weighted by molar-refractivity contribution is 7.80. The summed E-state index contributed by atoms with van der Waals surface area (Å²) >= 11 is 18.2. The van der Waals surface area contributed by atoms with Crippen LogP contribution in [-0.4, -0.2) is 36.4 Å². The van der Waals surface area contributed by atoms with Gasteiger partial charge in [-0.25, -0.2) is 0 Å². The predicted octanol–water partition coefficient (Wildman–Crippen LogP) is 5.69. The normalized spacial score (nSPS) is 16.1. The van der Waals surface area contributed by atoms with E-state index in [1.807, 2.05) is 37.3 Å². The van der Waals surface area contributed by atoms with E-state index in [-0.39, 0.29) is 6.10 Å². The van der Waals surface area contributed by atoms with Gasteiger partial charge in [0, 0.05) is 29.7 Å². The summed E-state index contributed by atoms with van der Waals surface area (Å²) in [6.45, 7) is 4.09. The van der Waals surface area contributed by atoms with Gasteiger partial charge < -0.3 is 19.7 Å². The van der Waals surface area contributed by atoms with Gasteiger partial charge in [-0.05, 0) is 67.4 Å². The molecule has 1 fully saturated rings. The summed E-state index contributed by atoms with van der Waals surface area (Å²) in [5.74, 6) is 0.745. The number of rotatable bonds is 6. The van der Waals surface area contributed by atoms with Crippen molar-refractivity contribution in [1.29, 1.82) is 0 Å². The van der Waals surface area contributed by atoms with Crippen LogP contribution >= 0.6 is 35.4 Å². The van der Waals surface area contributed by atoms with Gasteiger partial charge in [0.15, 0.2) is 5.11 Å². The van der Waals surface area contributed by atoms with Crippen molar-refractivity contribution in [2.24, 2.45) is 0 Å². The summed E-state index contributed by atoms with van der Waals surface area (Å²) in [5, 5.41) is 5.18. The lowest BCUT2D eigenvalue weighted by Gasteiger charge is -2.29. The van der Waals surface area contributed by atoms with E-state index in [0.717, 1.165) is 42.0 Å². The second-order valence-electron chi connectivity index (χ2n) is 6.89. The molecule has 1 saturated heterocycles. The number of nitrogens with zero attached hydrogens (tertiary/aromatic N) is 1. The molecule has 0 aliphatic carbocycles. The molecule has 1 N–H and O–H groups in total. The summed E-state index contributed by atoms with van der Waals surface area (Å²) in [7, 11) is 1.65. The van der Waals surface area contributed by atoms with Crippen molar-refractivity contribution >= 4 is 46.2 Å². The zero-order valence-electron chi connectivity index (χ0n) is 16.0. The largest absolute Gasteiger partial charge is 0.495 e. The molecule has 0 bridgehead atoms. The van der Waals surface area contributed by atoms with Crippen molar-refractivity contribution in [1.82, 2.24) is 4.90 Å². The maximum absolute atomic E-state index is 6.40. The predicted molar refractivity (Wildman–Crippen MR) is 120 cm³/mol. The number of benzene rings is 2. The third-order valence-corrected chi connectivity index (χ3v) is 5.66. The molecule has 0 aromatic heterocycles. The number of anilines is 1. The van der Waals surface area contributed by atoms with Gasteiger partial charge in [0.05, 0.1) is 18.9 Å². The van der Waals surface area contributed by atoms with Gasteiger partial charge in [-0.1, -0.05) is 35.3 Å². The topological polar surface area (TPSA) is 33.7 Å². The molecule has 1 aliphatic rings. The van der Waals surface area contributed by atoms with Gasteiger partial charge in [0.25, 0.3) is 0 Å². The van der Waals surface area contributed by atoms with Gasteiger partial charge in [-0.15, -0.1) is 0 Å². The van der Waals surface area contributed by atoms with Gasteiger partial charge in [0.2, 0.25) is 0 Å². The molecule has 1 heterocycles. The SMILES string of the molecule is COc1ccc(C)cc1NC(=S)N(Cc1ccc(Cl)cc1Cl)CC1CCCO1. The number of ether oxygens (including phenoxy) is 2. The Hall–Kier alpha value is -1.53. The maximum atomic E-state index is 6.40. The Kier molecular flexibility index (Phi) is 7.41. The monoisotopic (exact) mass is 438 g/mol. The molecule has 0 saturated carbocycles. The van der Waals surface area contributed by atoms with Crippen LogP contribution in [0, 0.1) is 6.92 Å². The Morgan fingerprint density at radius 2 is 2.11 bits per heavy atom. The lowest BCUT2D eigenvalue weighted by Crippen LogP contribution is -2.39. The number of nitrogens with one attached hydrogen (secondary N) is 1. The molecule has 2 aromatic rings. The summed E-state index contributed by atoms with van der Waals surface area (Å²) in [6.07, 6.45) is 2.26. The first kappa shape index (κ1) is 21.2. The van der Waals surface area contributed by atoms with Crippen LogP contribution in [0.25, 0.3) is 0 Å². The van der Waals surface area contributed by atoms with Gasteiger partial charge in [-0.2, -0.15) is 0 Å². The molecule has 2 aromatic carbocycles. The van der Waals surface area contributed by atoms with Gasteiger partial charge in [-0.3, -0.25) is 0 Å². The van der Waals surface area contributed by atoms with E-state index < -0.39 is 0 Å². The molecule has 1 unspecified atom stereocenters. The Morgan fingerprint density at radius 3 is 2.79 bits per heavy atom. The van der Waals surface area contributed by atoms with Gasteiger partial charge >= 0.3 is 0 Å². The van der Waals surface area contributed by atoms with Crippen LogP contribution in [0.2, 0.25) is 10.0 Å². The standard InChI is InChI=1S/C21H24Cl2N2O2S/c1-14-5-8-20(26-2)19(10-14)24-21(28)25(13-17-4-3-9-27-17)12-15-6-7-16(22)11-18(15)23/h5-8,10-11,17H,3-4,9,12-13H2,1-2H3,(H,24,28). The van der Waals surface area contributed by atoms with E-state index in [0.29, 0.717) is 28.2 Å². The highest BCUT2D eigenvalue weighted by atomic mass is 35.5. The smallest absolute Gasteiger partial charge is 0.173 e. The second kappa shape index (κ2) is 9.79. The minimum Gasteiger partial charge on any atom is -0.495 e. The van der Waals surface area contributed by atoms with E-state index >= 15 is 0 Å². The molecular formula is C21H24Cl2N2O2S. The fourth-order valence-electron chi connectivity index (χ4n) is 3.22. The molecule has 4 nitrogen and oxygen atoms in total. The highest BCUT2D eigenvalue weighted by Crippen LogP contribution is 2.27. The van der Waals surface area contributed by atoms with E-state index in [1.54, 1.807) is 13.2 Å². The van der Waals surface area contributed by atoms with Crippen LogP contribution in [0.15, 0.2) is 36.4 Å². The number of halogens is 2. The summed E-state index contributed by atoms with van der Waals surface area (Å²) in [6, 6.07) is 11.5. The Morgan fingerprint density at radius 1 is 1.29 bits per heavy atom. The van der Waals surface area contributed by atoms with E-state index in [2.05, 4.69) is 10.2 Å². The number of hydrogen-bond donors (Lipinski definition) is 1. The number of thiocarbonyl (C=S) groups is 1. The average molecular weight is 439 g/mol. The van der Waals surface area contributed by atoms with Crippen molar-refractivity contribution in [3.8, 4) is 5.75 Å². The first-order valence-corrected chi connectivity index (χ1v) is 10.4. The quantitative estimate of drug-likeness (QED) is 0.585. The van der Waals surface area contributed by atoms with Crippen LogP contribution in [0.3, 0.4) is 0 Å². The van der Waals surface area contributed by atoms with Crippen molar-refractivity contribution in [2.45, 2.75) is 32.4 Å². The van der Waals surface area contributed by atoms with Crippen molar-refractivity contribution in [3.05, 3.63) is 57.6 Å². The lowest BCUT2D eigenvalue weighted by atomic mass is 10.2. The van der Waals surface area contributed by atoms with Crippen LogP contribution in [-0.2, 0) is 11.3 Å². The molecule has 3 rings (SSSR count). The average Bonchev–Trinajstić information content (AvgIpc) is 3.16. The van der Waals surface area contributed by atoms with Gasteiger partial charge in [0.1, 0.15) is 5.75 Å². The molecule has 0 spiro atoms. The van der Waals surface area contributed by atoms with Crippen LogP contribution in [0.1, 0.15) is 24.0 Å². The Bertz CT molecular complexity index is 841. The fraction of sp³-hybridized carbons (Fsp3) is 0.381. The summed E-state index contributed by atoms with van der Waals surface area (Å²) < 4.78 is 11.3. The highest BCUT2D eigenvalue weighted by Gasteiger charge is 2.22. The van der Waals surface area contributed by atoms with Crippen LogP contribution in [0.4, 0.5) is 5.69 Å². The molecule has 0 amide bonds. The molecular weight excluding hydrogens is 415 g/mol. The number of aryl methyl sites for hydroxylation is 1. The summed E-state index contributed by atoms with van der Waals surface area (Å²) in [4.78, 5) is 2.09. The van der Waals surface area contributed by atoms with E-state index in [4.69, 9.17) is 44.9 Å². The molecule has 7 heteroatoms. The van der Waals surface area contributed by atoms with E-state index in [1.165, 1.54) is 0 Å². The molecule has 1 aliphatic heterocycles. The third kappa shape index (κ3) is 5.51. The lowest BCUT2D eigenvalue weighted by molar-refractivity contribution is 0.0905. The Labute approximate surface area is 181 Å². The van der Waals surface area contributed by atoms with Crippen LogP contribution in [0.5, 0.6) is 5.75 Å². The molecule has 1 atom stereocenters. The van der Waals surface area contributed by atoms with Crippen molar-refractivity contribution in [3.63, 3.8) is 0 Å². The van der Waals surface area contributed by atoms with Crippen LogP contribution < -0.4 is 10.1 Å².